The van der Waals surface area contributed by atoms with Crippen molar-refractivity contribution in [2.24, 2.45) is 5.92 Å². The van der Waals surface area contributed by atoms with E-state index in [4.69, 9.17) is 5.11 Å². The van der Waals surface area contributed by atoms with Gasteiger partial charge in [-0.2, -0.15) is 0 Å². The van der Waals surface area contributed by atoms with Crippen molar-refractivity contribution in [2.75, 3.05) is 6.54 Å². The van der Waals surface area contributed by atoms with E-state index >= 15 is 0 Å². The smallest absolute Gasteiger partial charge is 0.328 e. The predicted molar refractivity (Wildman–Crippen MR) is 67.4 cm³/mol. The van der Waals surface area contributed by atoms with Gasteiger partial charge in [-0.3, -0.25) is 9.69 Å². The SMILES string of the molecule is CC1CCC2(CC1)NC(=O)N(C/C=C/C(=O)O)C2=O. The fourth-order valence-electron chi connectivity index (χ4n) is 2.69. The van der Waals surface area contributed by atoms with Gasteiger partial charge in [0, 0.05) is 12.6 Å². The summed E-state index contributed by atoms with van der Waals surface area (Å²) in [7, 11) is 0. The standard InChI is InChI=1S/C13H18N2O4/c1-9-4-6-13(7-5-9)11(18)15(12(19)14-13)8-2-3-10(16)17/h2-3,9H,4-8H2,1H3,(H,14,19)(H,16,17)/b3-2+. The van der Waals surface area contributed by atoms with Crippen LogP contribution in [0.3, 0.4) is 0 Å². The number of hydrogen-bond acceptors (Lipinski definition) is 3. The molecule has 0 atom stereocenters. The van der Waals surface area contributed by atoms with Crippen molar-refractivity contribution in [2.45, 2.75) is 38.1 Å². The van der Waals surface area contributed by atoms with Gasteiger partial charge in [-0.15, -0.1) is 0 Å². The van der Waals surface area contributed by atoms with Crippen LogP contribution in [0.2, 0.25) is 0 Å². The molecule has 1 aliphatic carbocycles. The summed E-state index contributed by atoms with van der Waals surface area (Å²) in [4.78, 5) is 35.6. The van der Waals surface area contributed by atoms with E-state index in [9.17, 15) is 14.4 Å². The third-order valence-corrected chi connectivity index (χ3v) is 3.92. The third kappa shape index (κ3) is 2.62. The number of carbonyl (C=O) groups excluding carboxylic acids is 2. The van der Waals surface area contributed by atoms with Crippen molar-refractivity contribution in [3.8, 4) is 0 Å². The highest BCUT2D eigenvalue weighted by Gasteiger charge is 2.51. The zero-order valence-electron chi connectivity index (χ0n) is 10.9. The monoisotopic (exact) mass is 266 g/mol. The number of rotatable bonds is 3. The lowest BCUT2D eigenvalue weighted by atomic mass is 9.77. The van der Waals surface area contributed by atoms with Gasteiger partial charge in [0.2, 0.25) is 0 Å². The maximum absolute atomic E-state index is 12.3. The molecule has 2 N–H and O–H groups in total. The Morgan fingerprint density at radius 3 is 2.68 bits per heavy atom. The second kappa shape index (κ2) is 5.03. The van der Waals surface area contributed by atoms with Gasteiger partial charge >= 0.3 is 12.0 Å². The molecule has 104 valence electrons. The second-order valence-electron chi connectivity index (χ2n) is 5.35. The van der Waals surface area contributed by atoms with E-state index in [-0.39, 0.29) is 12.5 Å². The summed E-state index contributed by atoms with van der Waals surface area (Å²) in [6, 6.07) is -0.422. The summed E-state index contributed by atoms with van der Waals surface area (Å²) >= 11 is 0. The zero-order chi connectivity index (χ0) is 14.0. The minimum Gasteiger partial charge on any atom is -0.478 e. The first kappa shape index (κ1) is 13.6. The number of carboxylic acids is 1. The summed E-state index contributed by atoms with van der Waals surface area (Å²) in [5, 5.41) is 11.3. The van der Waals surface area contributed by atoms with Crippen molar-refractivity contribution in [1.82, 2.24) is 10.2 Å². The number of amides is 3. The molecular formula is C13H18N2O4. The first-order chi connectivity index (χ1) is 8.94. The van der Waals surface area contributed by atoms with E-state index in [0.717, 1.165) is 23.8 Å². The molecule has 0 bridgehead atoms. The van der Waals surface area contributed by atoms with E-state index in [0.29, 0.717) is 18.8 Å². The van der Waals surface area contributed by atoms with Crippen LogP contribution >= 0.6 is 0 Å². The Kier molecular flexibility index (Phi) is 3.59. The molecule has 1 heterocycles. The van der Waals surface area contributed by atoms with Crippen LogP contribution in [0.25, 0.3) is 0 Å². The van der Waals surface area contributed by atoms with Crippen LogP contribution in [-0.2, 0) is 9.59 Å². The van der Waals surface area contributed by atoms with Gasteiger partial charge in [0.05, 0.1) is 0 Å². The number of nitrogens with one attached hydrogen (secondary N) is 1. The fourth-order valence-corrected chi connectivity index (χ4v) is 2.69. The first-order valence-electron chi connectivity index (χ1n) is 6.48. The topological polar surface area (TPSA) is 86.7 Å². The number of urea groups is 1. The number of carboxylic acid groups (broad SMARTS) is 1. The Labute approximate surface area is 111 Å². The van der Waals surface area contributed by atoms with E-state index in [1.54, 1.807) is 0 Å². The van der Waals surface area contributed by atoms with Gasteiger partial charge < -0.3 is 10.4 Å². The molecule has 2 fully saturated rings. The molecule has 1 aliphatic heterocycles. The van der Waals surface area contributed by atoms with Gasteiger partial charge in [-0.05, 0) is 31.6 Å². The molecule has 6 heteroatoms. The first-order valence-corrected chi connectivity index (χ1v) is 6.48. The van der Waals surface area contributed by atoms with Gasteiger partial charge in [0.15, 0.2) is 0 Å². The van der Waals surface area contributed by atoms with E-state index in [2.05, 4.69) is 12.2 Å². The molecule has 1 spiro atoms. The van der Waals surface area contributed by atoms with E-state index < -0.39 is 17.5 Å². The molecule has 1 saturated heterocycles. The van der Waals surface area contributed by atoms with Gasteiger partial charge in [-0.25, -0.2) is 9.59 Å². The van der Waals surface area contributed by atoms with Gasteiger partial charge in [0.25, 0.3) is 5.91 Å². The largest absolute Gasteiger partial charge is 0.478 e. The molecule has 6 nitrogen and oxygen atoms in total. The molecule has 19 heavy (non-hydrogen) atoms. The average Bonchev–Trinajstić information content (AvgIpc) is 2.57. The van der Waals surface area contributed by atoms with Crippen molar-refractivity contribution < 1.29 is 19.5 Å². The number of imide groups is 1. The number of hydrogen-bond donors (Lipinski definition) is 2. The summed E-state index contributed by atoms with van der Waals surface area (Å²) in [5.74, 6) is -0.732. The van der Waals surface area contributed by atoms with Crippen molar-refractivity contribution in [3.05, 3.63) is 12.2 Å². The van der Waals surface area contributed by atoms with Crippen LogP contribution in [0, 0.1) is 5.92 Å². The minimum absolute atomic E-state index is 0.00820. The highest BCUT2D eigenvalue weighted by molar-refractivity contribution is 6.07. The zero-order valence-corrected chi connectivity index (χ0v) is 10.9. The number of nitrogens with zero attached hydrogens (tertiary/aromatic N) is 1. The molecule has 1 saturated carbocycles. The Balaban J connectivity index is 2.06. The van der Waals surface area contributed by atoms with Crippen molar-refractivity contribution in [1.29, 1.82) is 0 Å². The van der Waals surface area contributed by atoms with Crippen LogP contribution in [0.5, 0.6) is 0 Å². The average molecular weight is 266 g/mol. The maximum atomic E-state index is 12.3. The second-order valence-corrected chi connectivity index (χ2v) is 5.35. The van der Waals surface area contributed by atoms with E-state index in [1.165, 1.54) is 6.08 Å². The number of carbonyl (C=O) groups is 3. The molecule has 0 aromatic rings. The minimum atomic E-state index is -1.09. The highest BCUT2D eigenvalue weighted by atomic mass is 16.4. The normalized spacial score (nSPS) is 31.2. The lowest BCUT2D eigenvalue weighted by molar-refractivity contribution is -0.133. The molecule has 2 aliphatic rings. The molecule has 3 amide bonds. The molecular weight excluding hydrogens is 248 g/mol. The van der Waals surface area contributed by atoms with E-state index in [1.807, 2.05) is 0 Å². The maximum Gasteiger partial charge on any atom is 0.328 e. The third-order valence-electron chi connectivity index (χ3n) is 3.92. The lowest BCUT2D eigenvalue weighted by Gasteiger charge is -2.33. The van der Waals surface area contributed by atoms with Crippen LogP contribution in [0.15, 0.2) is 12.2 Å². The Morgan fingerprint density at radius 1 is 1.47 bits per heavy atom. The van der Waals surface area contributed by atoms with Crippen LogP contribution in [0.4, 0.5) is 4.79 Å². The van der Waals surface area contributed by atoms with Gasteiger partial charge in [0.1, 0.15) is 5.54 Å². The van der Waals surface area contributed by atoms with Crippen molar-refractivity contribution >= 4 is 17.9 Å². The highest BCUT2D eigenvalue weighted by Crippen LogP contribution is 2.36. The molecule has 0 unspecified atom stereocenters. The molecule has 0 aromatic heterocycles. The fraction of sp³-hybridized carbons (Fsp3) is 0.615. The summed E-state index contributed by atoms with van der Waals surface area (Å²) in [6.07, 6.45) is 5.42. The van der Waals surface area contributed by atoms with Crippen LogP contribution in [0.1, 0.15) is 32.6 Å². The predicted octanol–water partition coefficient (Wildman–Crippen LogP) is 1.13. The molecule has 0 radical (unpaired) electrons. The Hall–Kier alpha value is -1.85. The van der Waals surface area contributed by atoms with Crippen LogP contribution < -0.4 is 5.32 Å². The Bertz CT molecular complexity index is 436. The summed E-state index contributed by atoms with van der Waals surface area (Å²) in [5.41, 5.74) is -0.749. The van der Waals surface area contributed by atoms with Crippen LogP contribution in [-0.4, -0.2) is 40.0 Å². The van der Waals surface area contributed by atoms with Crippen molar-refractivity contribution in [3.63, 3.8) is 0 Å². The Morgan fingerprint density at radius 2 is 2.11 bits per heavy atom. The quantitative estimate of drug-likeness (QED) is 0.592. The molecule has 2 rings (SSSR count). The van der Waals surface area contributed by atoms with Gasteiger partial charge in [-0.1, -0.05) is 13.0 Å². The summed E-state index contributed by atoms with van der Waals surface area (Å²) in [6.45, 7) is 2.15. The lowest BCUT2D eigenvalue weighted by Crippen LogP contribution is -2.49. The molecule has 0 aromatic carbocycles. The number of aliphatic carboxylic acids is 1. The summed E-state index contributed by atoms with van der Waals surface area (Å²) < 4.78 is 0.